The highest BCUT2D eigenvalue weighted by Gasteiger charge is 2.41. The molecule has 1 amide bonds. The van der Waals surface area contributed by atoms with Crippen LogP contribution in [-0.4, -0.2) is 46.2 Å². The van der Waals surface area contributed by atoms with Crippen LogP contribution in [0.1, 0.15) is 59.0 Å². The number of carbonyl (C=O) groups excluding carboxylic acids is 2. The van der Waals surface area contributed by atoms with Gasteiger partial charge in [-0.3, -0.25) is 14.4 Å². The summed E-state index contributed by atoms with van der Waals surface area (Å²) in [5.41, 5.74) is 0.386. The molecule has 37 heavy (non-hydrogen) atoms. The minimum atomic E-state index is -1.50. The van der Waals surface area contributed by atoms with Gasteiger partial charge in [-0.25, -0.2) is 8.78 Å². The van der Waals surface area contributed by atoms with E-state index in [1.54, 1.807) is 9.47 Å². The topological polar surface area (TPSA) is 77.8 Å². The molecule has 0 saturated carbocycles. The molecule has 1 aliphatic carbocycles. The SMILES string of the molecule is C[C@@H]1CCO[C@H]2Cn3cc(C(=O)CCC4=CC=C(F)CC4F)c(=O)c(OCc4ccccc4)c3C(=O)N12. The standard InChI is InChI=1S/C28H28F2N2O5/c1-17-11-12-36-24-15-31-14-21(23(33)10-8-19-7-9-20(29)13-22(19)30)26(34)27(25(31)28(35)32(17)24)37-16-18-5-3-2-4-6-18/h2-7,9,14,17,22,24H,8,10-13,15-16H2,1H3/t17-,22?,24+/m1/s1. The molecule has 0 spiro atoms. The van der Waals surface area contributed by atoms with E-state index >= 15 is 0 Å². The highest BCUT2D eigenvalue weighted by molar-refractivity contribution is 6.00. The molecular weight excluding hydrogens is 482 g/mol. The lowest BCUT2D eigenvalue weighted by atomic mass is 9.95. The van der Waals surface area contributed by atoms with Gasteiger partial charge in [0.1, 0.15) is 18.6 Å². The van der Waals surface area contributed by atoms with E-state index in [4.69, 9.17) is 9.47 Å². The van der Waals surface area contributed by atoms with Gasteiger partial charge in [0.05, 0.1) is 18.7 Å². The molecule has 3 atom stereocenters. The second-order valence-corrected chi connectivity index (χ2v) is 9.60. The van der Waals surface area contributed by atoms with Crippen LogP contribution in [-0.2, 0) is 17.9 Å². The Hall–Kier alpha value is -3.59. The minimum Gasteiger partial charge on any atom is -0.483 e. The summed E-state index contributed by atoms with van der Waals surface area (Å²) in [6.07, 6.45) is 2.16. The first-order valence-corrected chi connectivity index (χ1v) is 12.4. The molecule has 2 aromatic rings. The van der Waals surface area contributed by atoms with Gasteiger partial charge in [-0.05, 0) is 37.0 Å². The van der Waals surface area contributed by atoms with Crippen LogP contribution in [0, 0.1) is 0 Å². The zero-order valence-corrected chi connectivity index (χ0v) is 20.5. The largest absolute Gasteiger partial charge is 0.483 e. The van der Waals surface area contributed by atoms with Crippen molar-refractivity contribution in [2.24, 2.45) is 0 Å². The number of rotatable bonds is 7. The highest BCUT2D eigenvalue weighted by atomic mass is 19.1. The number of nitrogens with zero attached hydrogens (tertiary/aromatic N) is 2. The van der Waals surface area contributed by atoms with E-state index in [0.29, 0.717) is 18.6 Å². The summed E-state index contributed by atoms with van der Waals surface area (Å²) in [6, 6.07) is 9.12. The molecule has 1 unspecified atom stereocenters. The average molecular weight is 511 g/mol. The van der Waals surface area contributed by atoms with E-state index < -0.39 is 29.4 Å². The lowest BCUT2D eigenvalue weighted by Crippen LogP contribution is -2.57. The lowest BCUT2D eigenvalue weighted by Gasteiger charge is -2.44. The van der Waals surface area contributed by atoms with Gasteiger partial charge in [0, 0.05) is 25.1 Å². The summed E-state index contributed by atoms with van der Waals surface area (Å²) in [5.74, 6) is -1.61. The van der Waals surface area contributed by atoms with Crippen LogP contribution >= 0.6 is 0 Å². The van der Waals surface area contributed by atoms with Gasteiger partial charge in [0.25, 0.3) is 5.91 Å². The number of hydrogen-bond acceptors (Lipinski definition) is 5. The second-order valence-electron chi connectivity index (χ2n) is 9.60. The van der Waals surface area contributed by atoms with Crippen LogP contribution in [0.2, 0.25) is 0 Å². The van der Waals surface area contributed by atoms with Gasteiger partial charge in [-0.1, -0.05) is 36.4 Å². The maximum absolute atomic E-state index is 14.2. The van der Waals surface area contributed by atoms with Crippen molar-refractivity contribution < 1.29 is 27.8 Å². The van der Waals surface area contributed by atoms with Crippen molar-refractivity contribution in [3.63, 3.8) is 0 Å². The molecule has 194 valence electrons. The Morgan fingerprint density at radius 3 is 2.73 bits per heavy atom. The van der Waals surface area contributed by atoms with Crippen LogP contribution < -0.4 is 10.2 Å². The molecule has 7 nitrogen and oxygen atoms in total. The number of ether oxygens (including phenoxy) is 2. The van der Waals surface area contributed by atoms with Gasteiger partial charge >= 0.3 is 0 Å². The van der Waals surface area contributed by atoms with E-state index in [1.807, 2.05) is 37.3 Å². The second kappa shape index (κ2) is 10.4. The Morgan fingerprint density at radius 1 is 1.19 bits per heavy atom. The van der Waals surface area contributed by atoms with Crippen LogP contribution in [0.5, 0.6) is 5.75 Å². The van der Waals surface area contributed by atoms with E-state index in [0.717, 1.165) is 5.56 Å². The highest BCUT2D eigenvalue weighted by Crippen LogP contribution is 2.31. The Morgan fingerprint density at radius 2 is 1.97 bits per heavy atom. The number of halogens is 2. The molecular formula is C28H28F2N2O5. The number of allylic oxidation sites excluding steroid dienone is 4. The third-order valence-electron chi connectivity index (χ3n) is 7.08. The van der Waals surface area contributed by atoms with Crippen molar-refractivity contribution >= 4 is 11.7 Å². The van der Waals surface area contributed by atoms with Gasteiger partial charge in [0.15, 0.2) is 23.5 Å². The number of pyridine rings is 1. The number of benzene rings is 1. The lowest BCUT2D eigenvalue weighted by molar-refractivity contribution is -0.112. The third kappa shape index (κ3) is 5.00. The Labute approximate surface area is 213 Å². The zero-order valence-electron chi connectivity index (χ0n) is 20.5. The number of carbonyl (C=O) groups is 2. The molecule has 2 aliphatic heterocycles. The molecule has 9 heteroatoms. The van der Waals surface area contributed by atoms with E-state index in [1.165, 1.54) is 18.3 Å². The summed E-state index contributed by atoms with van der Waals surface area (Å²) in [6.45, 7) is 2.72. The number of alkyl halides is 1. The summed E-state index contributed by atoms with van der Waals surface area (Å²) < 4.78 is 40.8. The normalized spacial score (nSPS) is 23.1. The summed E-state index contributed by atoms with van der Waals surface area (Å²) in [7, 11) is 0. The fourth-order valence-corrected chi connectivity index (χ4v) is 5.01. The van der Waals surface area contributed by atoms with Crippen LogP contribution in [0.4, 0.5) is 8.78 Å². The number of aromatic nitrogens is 1. The van der Waals surface area contributed by atoms with E-state index in [-0.39, 0.29) is 61.4 Å². The van der Waals surface area contributed by atoms with Crippen molar-refractivity contribution in [3.8, 4) is 5.75 Å². The van der Waals surface area contributed by atoms with Crippen molar-refractivity contribution in [1.82, 2.24) is 9.47 Å². The minimum absolute atomic E-state index is 0.0395. The molecule has 0 N–H and O–H groups in total. The molecule has 1 aromatic heterocycles. The van der Waals surface area contributed by atoms with Gasteiger partial charge < -0.3 is 18.9 Å². The molecule has 5 rings (SSSR count). The molecule has 0 bridgehead atoms. The van der Waals surface area contributed by atoms with Gasteiger partial charge in [-0.15, -0.1) is 0 Å². The smallest absolute Gasteiger partial charge is 0.276 e. The Kier molecular flexibility index (Phi) is 7.06. The first-order chi connectivity index (χ1) is 17.8. The Balaban J connectivity index is 1.49. The van der Waals surface area contributed by atoms with Crippen molar-refractivity contribution in [2.75, 3.05) is 6.61 Å². The average Bonchev–Trinajstić information content (AvgIpc) is 2.88. The number of ketones is 1. The Bertz CT molecular complexity index is 1330. The first-order valence-electron chi connectivity index (χ1n) is 12.4. The molecule has 1 saturated heterocycles. The summed E-state index contributed by atoms with van der Waals surface area (Å²) >= 11 is 0. The first kappa shape index (κ1) is 25.1. The summed E-state index contributed by atoms with van der Waals surface area (Å²) in [4.78, 5) is 41.9. The van der Waals surface area contributed by atoms with Crippen molar-refractivity contribution in [2.45, 2.75) is 64.2 Å². The molecule has 0 radical (unpaired) electrons. The number of Topliss-reactive ketones (excluding diaryl/α,β-unsaturated/α-hetero) is 1. The quantitative estimate of drug-likeness (QED) is 0.513. The number of amides is 1. The molecule has 3 aliphatic rings. The fraction of sp³-hybridized carbons (Fsp3) is 0.393. The van der Waals surface area contributed by atoms with Crippen LogP contribution in [0.3, 0.4) is 0 Å². The van der Waals surface area contributed by atoms with E-state index in [9.17, 15) is 23.2 Å². The predicted molar refractivity (Wildman–Crippen MR) is 132 cm³/mol. The monoisotopic (exact) mass is 510 g/mol. The van der Waals surface area contributed by atoms with Gasteiger partial charge in [-0.2, -0.15) is 0 Å². The molecule has 1 fully saturated rings. The fourth-order valence-electron chi connectivity index (χ4n) is 5.01. The third-order valence-corrected chi connectivity index (χ3v) is 7.08. The number of fused-ring (bicyclic) bond motifs is 2. The van der Waals surface area contributed by atoms with E-state index in [2.05, 4.69) is 0 Å². The zero-order chi connectivity index (χ0) is 26.1. The van der Waals surface area contributed by atoms with Crippen molar-refractivity contribution in [3.05, 3.63) is 87.1 Å². The summed E-state index contributed by atoms with van der Waals surface area (Å²) in [5, 5.41) is 0. The molecule has 1 aromatic carbocycles. The molecule has 3 heterocycles. The maximum atomic E-state index is 14.2. The van der Waals surface area contributed by atoms with Crippen LogP contribution in [0.25, 0.3) is 0 Å². The van der Waals surface area contributed by atoms with Crippen LogP contribution in [0.15, 0.2) is 64.9 Å². The van der Waals surface area contributed by atoms with Crippen molar-refractivity contribution in [1.29, 1.82) is 0 Å². The maximum Gasteiger partial charge on any atom is 0.276 e. The predicted octanol–water partition coefficient (Wildman–Crippen LogP) is 4.50. The van der Waals surface area contributed by atoms with Gasteiger partial charge in [0.2, 0.25) is 5.43 Å². The number of hydrogen-bond donors (Lipinski definition) is 0.